The van der Waals surface area contributed by atoms with Crippen molar-refractivity contribution in [1.29, 1.82) is 0 Å². The Hall–Kier alpha value is -2.12. The van der Waals surface area contributed by atoms with E-state index in [1.807, 2.05) is 44.2 Å². The van der Waals surface area contributed by atoms with Gasteiger partial charge in [-0.05, 0) is 49.7 Å². The zero-order chi connectivity index (χ0) is 16.1. The standard InChI is InChI=1S/C16H11BrN4OS/c1-8-7-9(2)18-15-12(8)13-14(23-15)16(22)21(20-19-13)11-5-3-10(17)4-6-11/h3-7H,1-2H3. The third-order valence-corrected chi connectivity index (χ3v) is 5.24. The van der Waals surface area contributed by atoms with E-state index in [4.69, 9.17) is 0 Å². The minimum atomic E-state index is -0.169. The Morgan fingerprint density at radius 1 is 1.17 bits per heavy atom. The van der Waals surface area contributed by atoms with E-state index in [0.717, 1.165) is 25.9 Å². The average molecular weight is 387 g/mol. The quantitative estimate of drug-likeness (QED) is 0.499. The third-order valence-electron chi connectivity index (χ3n) is 3.65. The second-order valence-electron chi connectivity index (χ2n) is 5.32. The molecule has 0 unspecified atom stereocenters. The monoisotopic (exact) mass is 386 g/mol. The number of nitrogens with zero attached hydrogens (tertiary/aromatic N) is 4. The normalized spacial score (nSPS) is 11.4. The summed E-state index contributed by atoms with van der Waals surface area (Å²) < 4.78 is 2.85. The highest BCUT2D eigenvalue weighted by Crippen LogP contribution is 2.31. The van der Waals surface area contributed by atoms with E-state index in [-0.39, 0.29) is 5.56 Å². The van der Waals surface area contributed by atoms with Crippen molar-refractivity contribution < 1.29 is 0 Å². The molecule has 114 valence electrons. The van der Waals surface area contributed by atoms with Gasteiger partial charge >= 0.3 is 0 Å². The van der Waals surface area contributed by atoms with Gasteiger partial charge in [0, 0.05) is 15.6 Å². The number of aromatic nitrogens is 4. The summed E-state index contributed by atoms with van der Waals surface area (Å²) in [6, 6.07) is 9.39. The van der Waals surface area contributed by atoms with Gasteiger partial charge in [-0.2, -0.15) is 4.68 Å². The van der Waals surface area contributed by atoms with Crippen LogP contribution in [0, 0.1) is 13.8 Å². The Morgan fingerprint density at radius 3 is 2.65 bits per heavy atom. The molecule has 0 atom stereocenters. The van der Waals surface area contributed by atoms with Gasteiger partial charge in [-0.3, -0.25) is 4.79 Å². The highest BCUT2D eigenvalue weighted by Gasteiger charge is 2.16. The molecule has 0 saturated carbocycles. The Labute approximate surface area is 143 Å². The van der Waals surface area contributed by atoms with Crippen LogP contribution in [0.5, 0.6) is 0 Å². The van der Waals surface area contributed by atoms with Crippen LogP contribution in [0.3, 0.4) is 0 Å². The summed E-state index contributed by atoms with van der Waals surface area (Å²) in [7, 11) is 0. The maximum atomic E-state index is 12.8. The number of benzene rings is 1. The first-order chi connectivity index (χ1) is 11.0. The molecular weight excluding hydrogens is 376 g/mol. The highest BCUT2D eigenvalue weighted by atomic mass is 79.9. The van der Waals surface area contributed by atoms with E-state index in [1.165, 1.54) is 16.0 Å². The van der Waals surface area contributed by atoms with Crippen LogP contribution < -0.4 is 5.56 Å². The van der Waals surface area contributed by atoms with Gasteiger partial charge < -0.3 is 0 Å². The summed E-state index contributed by atoms with van der Waals surface area (Å²) in [5, 5.41) is 9.32. The SMILES string of the molecule is Cc1cc(C)c2c(n1)sc1c(=O)n(-c3ccc(Br)cc3)nnc12. The summed E-state index contributed by atoms with van der Waals surface area (Å²) >= 11 is 4.76. The Bertz CT molecular complexity index is 1120. The van der Waals surface area contributed by atoms with Crippen molar-refractivity contribution in [2.24, 2.45) is 0 Å². The number of fused-ring (bicyclic) bond motifs is 3. The Balaban J connectivity index is 2.06. The minimum absolute atomic E-state index is 0.169. The summed E-state index contributed by atoms with van der Waals surface area (Å²) in [6.45, 7) is 3.95. The molecule has 5 nitrogen and oxygen atoms in total. The van der Waals surface area contributed by atoms with E-state index >= 15 is 0 Å². The number of thiophene rings is 1. The van der Waals surface area contributed by atoms with Crippen LogP contribution in [-0.2, 0) is 0 Å². The largest absolute Gasteiger partial charge is 0.292 e. The number of halogens is 1. The summed E-state index contributed by atoms with van der Waals surface area (Å²) in [5.74, 6) is 0. The lowest BCUT2D eigenvalue weighted by molar-refractivity contribution is 0.740. The zero-order valence-corrected chi connectivity index (χ0v) is 14.8. The van der Waals surface area contributed by atoms with Gasteiger partial charge in [0.15, 0.2) is 0 Å². The molecule has 23 heavy (non-hydrogen) atoms. The topological polar surface area (TPSA) is 60.7 Å². The molecule has 0 aliphatic carbocycles. The van der Waals surface area contributed by atoms with E-state index in [2.05, 4.69) is 31.2 Å². The molecule has 0 radical (unpaired) electrons. The number of pyridine rings is 1. The van der Waals surface area contributed by atoms with Gasteiger partial charge in [-0.15, -0.1) is 16.4 Å². The fourth-order valence-corrected chi connectivity index (χ4v) is 4.06. The Kier molecular flexibility index (Phi) is 3.28. The lowest BCUT2D eigenvalue weighted by atomic mass is 10.1. The molecule has 7 heteroatoms. The van der Waals surface area contributed by atoms with Crippen LogP contribution >= 0.6 is 27.3 Å². The molecule has 1 aromatic carbocycles. The van der Waals surface area contributed by atoms with Crippen LogP contribution in [0.4, 0.5) is 0 Å². The summed E-state index contributed by atoms with van der Waals surface area (Å²) in [4.78, 5) is 18.2. The molecule has 0 aliphatic rings. The molecule has 0 aliphatic heterocycles. The van der Waals surface area contributed by atoms with Gasteiger partial charge in [-0.1, -0.05) is 21.1 Å². The van der Waals surface area contributed by atoms with Crippen molar-refractivity contribution in [3.63, 3.8) is 0 Å². The molecule has 3 aromatic heterocycles. The van der Waals surface area contributed by atoms with Crippen molar-refractivity contribution in [3.05, 3.63) is 56.4 Å². The summed E-state index contributed by atoms with van der Waals surface area (Å²) in [5.41, 5.74) is 3.15. The Morgan fingerprint density at radius 2 is 1.91 bits per heavy atom. The van der Waals surface area contributed by atoms with Crippen molar-refractivity contribution >= 4 is 47.7 Å². The summed E-state index contributed by atoms with van der Waals surface area (Å²) in [6.07, 6.45) is 0. The molecule has 0 saturated heterocycles. The molecule has 0 fully saturated rings. The van der Waals surface area contributed by atoms with Gasteiger partial charge in [0.2, 0.25) is 0 Å². The molecule has 0 spiro atoms. The van der Waals surface area contributed by atoms with E-state index in [0.29, 0.717) is 15.9 Å². The van der Waals surface area contributed by atoms with E-state index < -0.39 is 0 Å². The van der Waals surface area contributed by atoms with Gasteiger partial charge in [0.1, 0.15) is 15.0 Å². The number of aryl methyl sites for hydroxylation is 2. The number of rotatable bonds is 1. The smallest absolute Gasteiger partial charge is 0.266 e. The molecule has 0 N–H and O–H groups in total. The highest BCUT2D eigenvalue weighted by molar-refractivity contribution is 9.10. The fraction of sp³-hybridized carbons (Fsp3) is 0.125. The molecule has 0 bridgehead atoms. The third kappa shape index (κ3) is 2.27. The number of hydrogen-bond donors (Lipinski definition) is 0. The first kappa shape index (κ1) is 14.5. The van der Waals surface area contributed by atoms with Gasteiger partial charge in [0.25, 0.3) is 5.56 Å². The van der Waals surface area contributed by atoms with Gasteiger partial charge in [0.05, 0.1) is 5.69 Å². The van der Waals surface area contributed by atoms with Crippen molar-refractivity contribution in [3.8, 4) is 5.69 Å². The zero-order valence-electron chi connectivity index (χ0n) is 12.4. The average Bonchev–Trinajstić information content (AvgIpc) is 2.88. The maximum absolute atomic E-state index is 12.8. The first-order valence-corrected chi connectivity index (χ1v) is 8.58. The minimum Gasteiger partial charge on any atom is -0.266 e. The molecule has 4 aromatic rings. The fourth-order valence-electron chi connectivity index (χ4n) is 2.64. The van der Waals surface area contributed by atoms with E-state index in [9.17, 15) is 4.79 Å². The van der Waals surface area contributed by atoms with Crippen molar-refractivity contribution in [2.75, 3.05) is 0 Å². The van der Waals surface area contributed by atoms with Gasteiger partial charge in [-0.25, -0.2) is 4.98 Å². The number of hydrogen-bond acceptors (Lipinski definition) is 5. The molecule has 0 amide bonds. The predicted octanol–water partition coefficient (Wildman–Crippen LogP) is 3.77. The van der Waals surface area contributed by atoms with Crippen molar-refractivity contribution in [1.82, 2.24) is 20.0 Å². The molecular formula is C16H11BrN4OS. The van der Waals surface area contributed by atoms with Crippen LogP contribution in [0.25, 0.3) is 26.1 Å². The van der Waals surface area contributed by atoms with Crippen LogP contribution in [0.15, 0.2) is 39.6 Å². The molecule has 3 heterocycles. The van der Waals surface area contributed by atoms with Crippen LogP contribution in [0.2, 0.25) is 0 Å². The second kappa shape index (κ2) is 5.21. The lowest BCUT2D eigenvalue weighted by Gasteiger charge is -2.03. The van der Waals surface area contributed by atoms with Crippen molar-refractivity contribution in [2.45, 2.75) is 13.8 Å². The second-order valence-corrected chi connectivity index (χ2v) is 7.24. The van der Waals surface area contributed by atoms with E-state index in [1.54, 1.807) is 0 Å². The van der Waals surface area contributed by atoms with Crippen LogP contribution in [-0.4, -0.2) is 20.0 Å². The predicted molar refractivity (Wildman–Crippen MR) is 95.5 cm³/mol. The molecule has 4 rings (SSSR count). The van der Waals surface area contributed by atoms with Crippen LogP contribution in [0.1, 0.15) is 11.3 Å². The first-order valence-electron chi connectivity index (χ1n) is 6.97. The maximum Gasteiger partial charge on any atom is 0.292 e. The lowest BCUT2D eigenvalue weighted by Crippen LogP contribution is -2.21.